The maximum Gasteiger partial charge on any atom is 0.309 e. The molecule has 0 aliphatic heterocycles. The maximum atomic E-state index is 11.5. The second kappa shape index (κ2) is 5.73. The Morgan fingerprint density at radius 1 is 1.27 bits per heavy atom. The molecule has 1 atom stereocenters. The Kier molecular flexibility index (Phi) is 5.33. The fourth-order valence-corrected chi connectivity index (χ4v) is 0.956. The minimum Gasteiger partial charge on any atom is -0.466 e. The molecule has 0 aliphatic rings. The average Bonchev–Trinajstić information content (AvgIpc) is 2.00. The van der Waals surface area contributed by atoms with Crippen LogP contribution >= 0.6 is 0 Å². The molecule has 0 N–H and O–H groups in total. The fraction of sp³-hybridized carbons (Fsp3) is 0.818. The zero-order valence-corrected chi connectivity index (χ0v) is 10.1. The van der Waals surface area contributed by atoms with Crippen molar-refractivity contribution in [2.24, 2.45) is 5.92 Å². The second-order valence-corrected chi connectivity index (χ2v) is 4.44. The van der Waals surface area contributed by atoms with E-state index < -0.39 is 11.5 Å². The number of ether oxygens (including phenoxy) is 2. The van der Waals surface area contributed by atoms with Crippen LogP contribution in [0, 0.1) is 5.92 Å². The van der Waals surface area contributed by atoms with Crippen molar-refractivity contribution in [3.8, 4) is 0 Å². The SMILES string of the molecule is CCOC(=O)CC(C)C(=O)OC(C)(C)C. The van der Waals surface area contributed by atoms with Crippen LogP contribution in [0.25, 0.3) is 0 Å². The fourth-order valence-electron chi connectivity index (χ4n) is 0.956. The van der Waals surface area contributed by atoms with Crippen molar-refractivity contribution in [2.75, 3.05) is 6.61 Å². The van der Waals surface area contributed by atoms with Crippen molar-refractivity contribution < 1.29 is 19.1 Å². The Morgan fingerprint density at radius 3 is 2.20 bits per heavy atom. The molecule has 0 spiro atoms. The summed E-state index contributed by atoms with van der Waals surface area (Å²) in [5.41, 5.74) is -0.514. The third-order valence-corrected chi connectivity index (χ3v) is 1.59. The van der Waals surface area contributed by atoms with Crippen LogP contribution in [0.1, 0.15) is 41.0 Å². The molecule has 0 rings (SSSR count). The van der Waals surface area contributed by atoms with Gasteiger partial charge in [0.2, 0.25) is 0 Å². The van der Waals surface area contributed by atoms with E-state index in [1.807, 2.05) is 0 Å². The lowest BCUT2D eigenvalue weighted by Crippen LogP contribution is -2.28. The van der Waals surface area contributed by atoms with Gasteiger partial charge in [0, 0.05) is 0 Å². The van der Waals surface area contributed by atoms with Gasteiger partial charge in [0.15, 0.2) is 0 Å². The van der Waals surface area contributed by atoms with Crippen molar-refractivity contribution in [1.29, 1.82) is 0 Å². The highest BCUT2D eigenvalue weighted by Gasteiger charge is 2.23. The van der Waals surface area contributed by atoms with Gasteiger partial charge in [0.05, 0.1) is 18.9 Å². The van der Waals surface area contributed by atoms with E-state index in [0.29, 0.717) is 6.61 Å². The number of esters is 2. The summed E-state index contributed by atoms with van der Waals surface area (Å²) in [4.78, 5) is 22.6. The smallest absolute Gasteiger partial charge is 0.309 e. The van der Waals surface area contributed by atoms with E-state index in [2.05, 4.69) is 0 Å². The third-order valence-electron chi connectivity index (χ3n) is 1.59. The zero-order valence-electron chi connectivity index (χ0n) is 10.1. The van der Waals surface area contributed by atoms with Gasteiger partial charge >= 0.3 is 11.9 Å². The molecule has 0 bridgehead atoms. The summed E-state index contributed by atoms with van der Waals surface area (Å²) in [6.45, 7) is 9.10. The Morgan fingerprint density at radius 2 is 1.80 bits per heavy atom. The molecule has 1 unspecified atom stereocenters. The van der Waals surface area contributed by atoms with Gasteiger partial charge in [-0.1, -0.05) is 6.92 Å². The van der Waals surface area contributed by atoms with E-state index in [-0.39, 0.29) is 18.4 Å². The minimum atomic E-state index is -0.514. The molecule has 88 valence electrons. The molecule has 0 fully saturated rings. The first-order valence-electron chi connectivity index (χ1n) is 5.14. The molecule has 0 saturated heterocycles. The van der Waals surface area contributed by atoms with Crippen molar-refractivity contribution >= 4 is 11.9 Å². The minimum absolute atomic E-state index is 0.0722. The Hall–Kier alpha value is -1.06. The maximum absolute atomic E-state index is 11.5. The normalized spacial score (nSPS) is 13.1. The Balaban J connectivity index is 4.05. The van der Waals surface area contributed by atoms with E-state index in [1.54, 1.807) is 34.6 Å². The Bertz CT molecular complexity index is 227. The van der Waals surface area contributed by atoms with Crippen molar-refractivity contribution in [3.05, 3.63) is 0 Å². The monoisotopic (exact) mass is 216 g/mol. The summed E-state index contributed by atoms with van der Waals surface area (Å²) in [5, 5.41) is 0. The number of rotatable bonds is 4. The van der Waals surface area contributed by atoms with Gasteiger partial charge in [-0.3, -0.25) is 9.59 Å². The first-order chi connectivity index (χ1) is 6.76. The molecule has 15 heavy (non-hydrogen) atoms. The number of hydrogen-bond acceptors (Lipinski definition) is 4. The van der Waals surface area contributed by atoms with Crippen LogP contribution < -0.4 is 0 Å². The summed E-state index contributed by atoms with van der Waals surface area (Å²) in [6.07, 6.45) is 0.0722. The summed E-state index contributed by atoms with van der Waals surface area (Å²) >= 11 is 0. The van der Waals surface area contributed by atoms with Gasteiger partial charge in [-0.15, -0.1) is 0 Å². The molecule has 4 nitrogen and oxygen atoms in total. The molecular weight excluding hydrogens is 196 g/mol. The largest absolute Gasteiger partial charge is 0.466 e. The summed E-state index contributed by atoms with van der Waals surface area (Å²) in [5.74, 6) is -1.19. The van der Waals surface area contributed by atoms with Gasteiger partial charge in [-0.2, -0.15) is 0 Å². The van der Waals surface area contributed by atoms with Crippen molar-refractivity contribution in [1.82, 2.24) is 0 Å². The molecule has 0 aliphatic carbocycles. The molecule has 0 aromatic rings. The standard InChI is InChI=1S/C11H20O4/c1-6-14-9(12)7-8(2)10(13)15-11(3,4)5/h8H,6-7H2,1-5H3. The number of hydrogen-bond donors (Lipinski definition) is 0. The quantitative estimate of drug-likeness (QED) is 0.674. The molecule has 0 amide bonds. The summed E-state index contributed by atoms with van der Waals surface area (Å²) < 4.78 is 9.88. The summed E-state index contributed by atoms with van der Waals surface area (Å²) in [7, 11) is 0. The molecule has 0 radical (unpaired) electrons. The van der Waals surface area contributed by atoms with Gasteiger partial charge in [0.25, 0.3) is 0 Å². The first kappa shape index (κ1) is 13.9. The number of carbonyl (C=O) groups excluding carboxylic acids is 2. The van der Waals surface area contributed by atoms with E-state index in [0.717, 1.165) is 0 Å². The lowest BCUT2D eigenvalue weighted by Gasteiger charge is -2.21. The molecule has 4 heteroatoms. The molecule has 0 aromatic heterocycles. The molecule has 0 aromatic carbocycles. The van der Waals surface area contributed by atoms with Gasteiger partial charge in [-0.05, 0) is 27.7 Å². The first-order valence-corrected chi connectivity index (χ1v) is 5.14. The predicted octanol–water partition coefficient (Wildman–Crippen LogP) is 1.92. The lowest BCUT2D eigenvalue weighted by atomic mass is 10.1. The topological polar surface area (TPSA) is 52.6 Å². The van der Waals surface area contributed by atoms with E-state index in [4.69, 9.17) is 9.47 Å². The van der Waals surface area contributed by atoms with Crippen LogP contribution in [0.15, 0.2) is 0 Å². The van der Waals surface area contributed by atoms with E-state index >= 15 is 0 Å². The van der Waals surface area contributed by atoms with Gasteiger partial charge < -0.3 is 9.47 Å². The Labute approximate surface area is 90.9 Å². The van der Waals surface area contributed by atoms with Crippen LogP contribution in [0.2, 0.25) is 0 Å². The van der Waals surface area contributed by atoms with Gasteiger partial charge in [-0.25, -0.2) is 0 Å². The predicted molar refractivity (Wildman–Crippen MR) is 56.3 cm³/mol. The van der Waals surface area contributed by atoms with Crippen LogP contribution in [-0.2, 0) is 19.1 Å². The van der Waals surface area contributed by atoms with Crippen LogP contribution in [0.4, 0.5) is 0 Å². The molecule has 0 heterocycles. The van der Waals surface area contributed by atoms with Gasteiger partial charge in [0.1, 0.15) is 5.60 Å². The highest BCUT2D eigenvalue weighted by molar-refractivity contribution is 5.79. The molecule has 0 saturated carbocycles. The lowest BCUT2D eigenvalue weighted by molar-refractivity contribution is -0.163. The van der Waals surface area contributed by atoms with Crippen molar-refractivity contribution in [2.45, 2.75) is 46.6 Å². The van der Waals surface area contributed by atoms with Crippen LogP contribution in [-0.4, -0.2) is 24.1 Å². The van der Waals surface area contributed by atoms with Crippen LogP contribution in [0.5, 0.6) is 0 Å². The van der Waals surface area contributed by atoms with Crippen LogP contribution in [0.3, 0.4) is 0 Å². The average molecular weight is 216 g/mol. The third kappa shape index (κ3) is 6.94. The van der Waals surface area contributed by atoms with Crippen molar-refractivity contribution in [3.63, 3.8) is 0 Å². The second-order valence-electron chi connectivity index (χ2n) is 4.44. The highest BCUT2D eigenvalue weighted by atomic mass is 16.6. The zero-order chi connectivity index (χ0) is 12.1. The number of carbonyl (C=O) groups is 2. The highest BCUT2D eigenvalue weighted by Crippen LogP contribution is 2.13. The summed E-state index contributed by atoms with van der Waals surface area (Å²) in [6, 6.07) is 0. The van der Waals surface area contributed by atoms with E-state index in [1.165, 1.54) is 0 Å². The van der Waals surface area contributed by atoms with E-state index in [9.17, 15) is 9.59 Å². The molecular formula is C11H20O4.